The van der Waals surface area contributed by atoms with Crippen LogP contribution in [0.3, 0.4) is 0 Å². The molecule has 1 atom stereocenters. The molecule has 0 unspecified atom stereocenters. The lowest BCUT2D eigenvalue weighted by Gasteiger charge is -2.24. The van der Waals surface area contributed by atoms with Gasteiger partial charge in [0.25, 0.3) is 0 Å². The van der Waals surface area contributed by atoms with E-state index in [9.17, 15) is 0 Å². The van der Waals surface area contributed by atoms with Crippen molar-refractivity contribution in [1.29, 1.82) is 0 Å². The third-order valence-corrected chi connectivity index (χ3v) is 3.76. The van der Waals surface area contributed by atoms with E-state index in [0.29, 0.717) is 15.1 Å². The van der Waals surface area contributed by atoms with Gasteiger partial charge in [-0.3, -0.25) is 0 Å². The Kier molecular flexibility index (Phi) is 2.94. The Bertz CT molecular complexity index is 376. The molecule has 0 aliphatic heterocycles. The highest BCUT2D eigenvalue weighted by Gasteiger charge is 2.23. The van der Waals surface area contributed by atoms with Crippen LogP contribution in [-0.2, 0) is 6.42 Å². The molecule has 1 nitrogen and oxygen atoms in total. The first-order valence-electron chi connectivity index (χ1n) is 4.53. The van der Waals surface area contributed by atoms with Crippen LogP contribution < -0.4 is 5.73 Å². The van der Waals surface area contributed by atoms with E-state index in [-0.39, 0.29) is 6.04 Å². The van der Waals surface area contributed by atoms with Gasteiger partial charge in [0.1, 0.15) is 0 Å². The first-order valence-corrected chi connectivity index (χ1v) is 5.66. The molecule has 1 aliphatic rings. The van der Waals surface area contributed by atoms with Crippen LogP contribution in [0.25, 0.3) is 0 Å². The maximum absolute atomic E-state index is 6.10. The van der Waals surface area contributed by atoms with Crippen molar-refractivity contribution in [3.63, 3.8) is 0 Å². The maximum atomic E-state index is 6.10. The fourth-order valence-corrected chi connectivity index (χ4v) is 2.84. The van der Waals surface area contributed by atoms with Crippen LogP contribution in [0.15, 0.2) is 6.07 Å². The van der Waals surface area contributed by atoms with Crippen molar-refractivity contribution in [2.75, 3.05) is 0 Å². The number of hydrogen-bond acceptors (Lipinski definition) is 1. The zero-order valence-electron chi connectivity index (χ0n) is 7.49. The van der Waals surface area contributed by atoms with Gasteiger partial charge in [-0.05, 0) is 36.5 Å². The van der Waals surface area contributed by atoms with Crippen molar-refractivity contribution < 1.29 is 0 Å². The number of rotatable bonds is 0. The predicted molar refractivity (Wildman–Crippen MR) is 61.3 cm³/mol. The maximum Gasteiger partial charge on any atom is 0.0628 e. The van der Waals surface area contributed by atoms with Gasteiger partial charge in [-0.15, -0.1) is 0 Å². The van der Waals surface area contributed by atoms with Gasteiger partial charge in [0.15, 0.2) is 0 Å². The van der Waals surface area contributed by atoms with Gasteiger partial charge in [0.05, 0.1) is 10.0 Å². The molecule has 0 fully saturated rings. The molecule has 0 radical (unpaired) electrons. The summed E-state index contributed by atoms with van der Waals surface area (Å²) < 4.78 is 0. The third kappa shape index (κ3) is 1.63. The fraction of sp³-hybridized carbons (Fsp3) is 0.400. The van der Waals surface area contributed by atoms with Crippen molar-refractivity contribution >= 4 is 34.8 Å². The van der Waals surface area contributed by atoms with Gasteiger partial charge in [-0.2, -0.15) is 0 Å². The molecule has 0 amide bonds. The van der Waals surface area contributed by atoms with Gasteiger partial charge < -0.3 is 5.73 Å². The molecule has 2 rings (SSSR count). The smallest absolute Gasteiger partial charge is 0.0628 e. The van der Waals surface area contributed by atoms with Crippen LogP contribution >= 0.6 is 34.8 Å². The topological polar surface area (TPSA) is 26.0 Å². The van der Waals surface area contributed by atoms with Crippen LogP contribution in [-0.4, -0.2) is 0 Å². The Morgan fingerprint density at radius 2 is 1.93 bits per heavy atom. The molecule has 1 aromatic carbocycles. The standard InChI is InChI=1S/C10H10Cl3N/c11-6-4-7(12)10(13)5-2-1-3-8(14)9(5)6/h4,8H,1-3,14H2/t8-/m0/s1. The summed E-state index contributed by atoms with van der Waals surface area (Å²) in [4.78, 5) is 0. The van der Waals surface area contributed by atoms with E-state index in [4.69, 9.17) is 40.5 Å². The quantitative estimate of drug-likeness (QED) is 0.693. The number of nitrogens with two attached hydrogens (primary N) is 1. The highest BCUT2D eigenvalue weighted by atomic mass is 35.5. The molecule has 0 aromatic heterocycles. The number of hydrogen-bond donors (Lipinski definition) is 1. The molecule has 0 heterocycles. The van der Waals surface area contributed by atoms with E-state index in [1.54, 1.807) is 6.07 Å². The predicted octanol–water partition coefficient (Wildman–Crippen LogP) is 3.98. The summed E-state index contributed by atoms with van der Waals surface area (Å²) in [6, 6.07) is 1.68. The second-order valence-electron chi connectivity index (χ2n) is 3.55. The molecule has 76 valence electrons. The summed E-state index contributed by atoms with van der Waals surface area (Å²) >= 11 is 18.1. The summed E-state index contributed by atoms with van der Waals surface area (Å²) in [6.07, 6.45) is 2.93. The minimum atomic E-state index is 0.000941. The second kappa shape index (κ2) is 3.90. The SMILES string of the molecule is N[C@H]1CCCc2c(Cl)c(Cl)cc(Cl)c21. The summed E-state index contributed by atoms with van der Waals surface area (Å²) in [6.45, 7) is 0. The monoisotopic (exact) mass is 249 g/mol. The lowest BCUT2D eigenvalue weighted by molar-refractivity contribution is 0.571. The molecule has 2 N–H and O–H groups in total. The molecule has 0 spiro atoms. The van der Waals surface area contributed by atoms with Crippen LogP contribution in [0.1, 0.15) is 30.0 Å². The van der Waals surface area contributed by atoms with Crippen LogP contribution in [0.4, 0.5) is 0 Å². The lowest BCUT2D eigenvalue weighted by atomic mass is 9.88. The van der Waals surface area contributed by atoms with Gasteiger partial charge in [0.2, 0.25) is 0 Å². The number of benzene rings is 1. The van der Waals surface area contributed by atoms with Crippen molar-refractivity contribution in [3.8, 4) is 0 Å². The molecular weight excluding hydrogens is 240 g/mol. The van der Waals surface area contributed by atoms with E-state index in [0.717, 1.165) is 30.4 Å². The average Bonchev–Trinajstić information content (AvgIpc) is 2.14. The van der Waals surface area contributed by atoms with Gasteiger partial charge in [0, 0.05) is 11.1 Å². The van der Waals surface area contributed by atoms with Crippen molar-refractivity contribution in [2.24, 2.45) is 5.73 Å². The molecule has 14 heavy (non-hydrogen) atoms. The van der Waals surface area contributed by atoms with E-state index in [1.807, 2.05) is 0 Å². The Hall–Kier alpha value is 0.0500. The Morgan fingerprint density at radius 3 is 2.64 bits per heavy atom. The van der Waals surface area contributed by atoms with Gasteiger partial charge >= 0.3 is 0 Å². The third-order valence-electron chi connectivity index (χ3n) is 2.62. The summed E-state index contributed by atoms with van der Waals surface area (Å²) in [7, 11) is 0. The summed E-state index contributed by atoms with van der Waals surface area (Å²) in [5.41, 5.74) is 7.99. The normalized spacial score (nSPS) is 20.7. The van der Waals surface area contributed by atoms with Crippen LogP contribution in [0, 0.1) is 0 Å². The zero-order chi connectivity index (χ0) is 10.3. The highest BCUT2D eigenvalue weighted by Crippen LogP contribution is 2.41. The Morgan fingerprint density at radius 1 is 1.21 bits per heavy atom. The second-order valence-corrected chi connectivity index (χ2v) is 4.74. The fourth-order valence-electron chi connectivity index (χ4n) is 1.95. The van der Waals surface area contributed by atoms with Gasteiger partial charge in [-0.1, -0.05) is 34.8 Å². The van der Waals surface area contributed by atoms with Crippen LogP contribution in [0.5, 0.6) is 0 Å². The summed E-state index contributed by atoms with van der Waals surface area (Å²) in [5.74, 6) is 0. The van der Waals surface area contributed by atoms with Gasteiger partial charge in [-0.25, -0.2) is 0 Å². The number of halogens is 3. The Balaban J connectivity index is 2.66. The Labute approximate surface area is 98.1 Å². The molecule has 0 bridgehead atoms. The first-order chi connectivity index (χ1) is 6.61. The average molecular weight is 251 g/mol. The minimum Gasteiger partial charge on any atom is -0.324 e. The van der Waals surface area contributed by atoms with E-state index in [1.165, 1.54) is 0 Å². The van der Waals surface area contributed by atoms with E-state index >= 15 is 0 Å². The largest absolute Gasteiger partial charge is 0.324 e. The molecule has 1 aliphatic carbocycles. The minimum absolute atomic E-state index is 0.000941. The lowest BCUT2D eigenvalue weighted by Crippen LogP contribution is -2.18. The molecule has 1 aromatic rings. The highest BCUT2D eigenvalue weighted by molar-refractivity contribution is 6.44. The van der Waals surface area contributed by atoms with E-state index in [2.05, 4.69) is 0 Å². The molecule has 0 saturated carbocycles. The first kappa shape index (κ1) is 10.6. The van der Waals surface area contributed by atoms with Crippen LogP contribution in [0.2, 0.25) is 15.1 Å². The summed E-state index contributed by atoms with van der Waals surface area (Å²) in [5, 5.41) is 1.77. The van der Waals surface area contributed by atoms with Crippen molar-refractivity contribution in [3.05, 3.63) is 32.3 Å². The van der Waals surface area contributed by atoms with E-state index < -0.39 is 0 Å². The molecule has 0 saturated heterocycles. The van der Waals surface area contributed by atoms with Crippen molar-refractivity contribution in [2.45, 2.75) is 25.3 Å². The zero-order valence-corrected chi connectivity index (χ0v) is 9.76. The molecular formula is C10H10Cl3N. The molecule has 4 heteroatoms. The number of fused-ring (bicyclic) bond motifs is 1. The van der Waals surface area contributed by atoms with Crippen molar-refractivity contribution in [1.82, 2.24) is 0 Å².